The first-order valence-electron chi connectivity index (χ1n) is 4.62. The van der Waals surface area contributed by atoms with Gasteiger partial charge >= 0.3 is 0 Å². The molecule has 3 nitrogen and oxygen atoms in total. The summed E-state index contributed by atoms with van der Waals surface area (Å²) in [6.07, 6.45) is 5.19. The Bertz CT molecular complexity index is 350. The summed E-state index contributed by atoms with van der Waals surface area (Å²) in [5, 5.41) is 7.36. The van der Waals surface area contributed by atoms with Crippen molar-refractivity contribution in [3.63, 3.8) is 0 Å². The van der Waals surface area contributed by atoms with Gasteiger partial charge in [0.05, 0.1) is 10.7 Å². The molecule has 4 heteroatoms. The van der Waals surface area contributed by atoms with Crippen LogP contribution in [0.1, 0.15) is 27.2 Å². The molecule has 0 unspecified atom stereocenters. The van der Waals surface area contributed by atoms with Gasteiger partial charge in [-0.15, -0.1) is 0 Å². The quantitative estimate of drug-likeness (QED) is 0.565. The third-order valence-electron chi connectivity index (χ3n) is 1.85. The summed E-state index contributed by atoms with van der Waals surface area (Å²) >= 11 is 0. The zero-order valence-electron chi connectivity index (χ0n) is 8.87. The third-order valence-corrected chi connectivity index (χ3v) is 3.70. The maximum absolute atomic E-state index is 11.4. The van der Waals surface area contributed by atoms with Crippen molar-refractivity contribution in [1.82, 2.24) is 0 Å². The zero-order chi connectivity index (χ0) is 11.2. The van der Waals surface area contributed by atoms with Gasteiger partial charge in [0.2, 0.25) is 0 Å². The lowest BCUT2D eigenvalue weighted by Gasteiger charge is -2.00. The van der Waals surface area contributed by atoms with Gasteiger partial charge in [-0.05, 0) is 25.5 Å². The lowest BCUT2D eigenvalue weighted by atomic mass is 10.2. The summed E-state index contributed by atoms with van der Waals surface area (Å²) in [4.78, 5) is 0.290. The summed E-state index contributed by atoms with van der Waals surface area (Å²) in [6, 6.07) is 0. The van der Waals surface area contributed by atoms with E-state index in [1.54, 1.807) is 19.9 Å². The zero-order valence-corrected chi connectivity index (χ0v) is 9.69. The molecular formula is C10H17NO2S. The molecule has 80 valence electrons. The number of allylic oxidation sites excluding steroid dienone is 3. The van der Waals surface area contributed by atoms with Gasteiger partial charge in [0.15, 0.2) is 9.84 Å². The molecule has 0 aliphatic heterocycles. The molecule has 0 heterocycles. The second kappa shape index (κ2) is 5.75. The Morgan fingerprint density at radius 1 is 1.29 bits per heavy atom. The summed E-state index contributed by atoms with van der Waals surface area (Å²) in [6.45, 7) is 5.15. The van der Waals surface area contributed by atoms with E-state index in [9.17, 15) is 8.42 Å². The largest absolute Gasteiger partial charge is 0.305 e. The highest BCUT2D eigenvalue weighted by atomic mass is 32.2. The number of rotatable bonds is 5. The van der Waals surface area contributed by atoms with Crippen molar-refractivity contribution in [2.75, 3.05) is 5.75 Å². The molecule has 0 fully saturated rings. The van der Waals surface area contributed by atoms with Crippen LogP contribution in [-0.2, 0) is 9.84 Å². The fourth-order valence-electron chi connectivity index (χ4n) is 0.847. The highest BCUT2D eigenvalue weighted by Gasteiger charge is 2.10. The number of hydrogen-bond acceptors (Lipinski definition) is 3. The number of sulfone groups is 1. The molecule has 0 rings (SSSR count). The molecule has 0 saturated heterocycles. The van der Waals surface area contributed by atoms with Crippen LogP contribution < -0.4 is 0 Å². The summed E-state index contributed by atoms with van der Waals surface area (Å²) in [7, 11) is -3.14. The van der Waals surface area contributed by atoms with Crippen molar-refractivity contribution in [3.8, 4) is 0 Å². The van der Waals surface area contributed by atoms with Crippen molar-refractivity contribution in [1.29, 1.82) is 5.41 Å². The standard InChI is InChI=1S/C10H17NO2S/c1-4-9(11)7-8-10(5-2)14(12,13)6-3/h5,7-8,11H,4,6H2,1-3H3/b8-7-,10-5+,11-9?. The van der Waals surface area contributed by atoms with Gasteiger partial charge in [-0.2, -0.15) is 0 Å². The molecule has 0 bridgehead atoms. The molecule has 0 aliphatic rings. The Hall–Kier alpha value is -0.900. The SMILES string of the molecule is C/C=C(\C=C/C(=N)CC)S(=O)(=O)CC. The second-order valence-corrected chi connectivity index (χ2v) is 5.08. The molecule has 0 aromatic carbocycles. The van der Waals surface area contributed by atoms with Gasteiger partial charge in [-0.3, -0.25) is 0 Å². The Morgan fingerprint density at radius 2 is 1.86 bits per heavy atom. The van der Waals surface area contributed by atoms with E-state index in [1.807, 2.05) is 6.92 Å². The molecule has 1 N–H and O–H groups in total. The molecule has 0 aliphatic carbocycles. The fourth-order valence-corrected chi connectivity index (χ4v) is 1.81. The number of nitrogens with one attached hydrogen (secondary N) is 1. The summed E-state index contributed by atoms with van der Waals surface area (Å²) in [5.74, 6) is 0.0937. The molecule has 14 heavy (non-hydrogen) atoms. The van der Waals surface area contributed by atoms with Crippen molar-refractivity contribution in [2.45, 2.75) is 27.2 Å². The van der Waals surface area contributed by atoms with E-state index in [0.29, 0.717) is 17.0 Å². The van der Waals surface area contributed by atoms with E-state index in [2.05, 4.69) is 0 Å². The lowest BCUT2D eigenvalue weighted by molar-refractivity contribution is 0.604. The van der Waals surface area contributed by atoms with Crippen molar-refractivity contribution in [2.24, 2.45) is 0 Å². The van der Waals surface area contributed by atoms with Gasteiger partial charge in [0.1, 0.15) is 0 Å². The molecule has 0 saturated carbocycles. The minimum absolute atomic E-state index is 0.0937. The molecule has 0 spiro atoms. The lowest BCUT2D eigenvalue weighted by Crippen LogP contribution is -2.05. The highest BCUT2D eigenvalue weighted by Crippen LogP contribution is 2.09. The predicted octanol–water partition coefficient (Wildman–Crippen LogP) is 2.31. The molecule has 0 atom stereocenters. The smallest absolute Gasteiger partial charge is 0.177 e. The van der Waals surface area contributed by atoms with Gasteiger partial charge in [-0.25, -0.2) is 8.42 Å². The van der Waals surface area contributed by atoms with Crippen molar-refractivity contribution < 1.29 is 8.42 Å². The van der Waals surface area contributed by atoms with E-state index < -0.39 is 9.84 Å². The first-order valence-corrected chi connectivity index (χ1v) is 6.27. The van der Waals surface area contributed by atoms with Crippen LogP contribution in [0.25, 0.3) is 0 Å². The van der Waals surface area contributed by atoms with Crippen LogP contribution in [0, 0.1) is 5.41 Å². The summed E-state index contributed by atoms with van der Waals surface area (Å²) in [5.41, 5.74) is 0.427. The van der Waals surface area contributed by atoms with Gasteiger partial charge in [0.25, 0.3) is 0 Å². The van der Waals surface area contributed by atoms with Crippen LogP contribution in [0.15, 0.2) is 23.1 Å². The highest BCUT2D eigenvalue weighted by molar-refractivity contribution is 7.95. The second-order valence-electron chi connectivity index (χ2n) is 2.81. The minimum Gasteiger partial charge on any atom is -0.305 e. The Kier molecular flexibility index (Phi) is 5.38. The van der Waals surface area contributed by atoms with Gasteiger partial charge in [-0.1, -0.05) is 19.9 Å². The number of hydrogen-bond donors (Lipinski definition) is 1. The normalized spacial score (nSPS) is 13.5. The van der Waals surface area contributed by atoms with Crippen LogP contribution >= 0.6 is 0 Å². The van der Waals surface area contributed by atoms with Crippen molar-refractivity contribution in [3.05, 3.63) is 23.1 Å². The Balaban J connectivity index is 4.82. The van der Waals surface area contributed by atoms with Gasteiger partial charge in [0, 0.05) is 5.71 Å². The molecule has 0 amide bonds. The topological polar surface area (TPSA) is 58.0 Å². The van der Waals surface area contributed by atoms with Crippen LogP contribution in [0.4, 0.5) is 0 Å². The van der Waals surface area contributed by atoms with Crippen LogP contribution in [-0.4, -0.2) is 19.9 Å². The maximum atomic E-state index is 11.4. The first-order chi connectivity index (χ1) is 6.47. The van der Waals surface area contributed by atoms with Crippen molar-refractivity contribution >= 4 is 15.5 Å². The maximum Gasteiger partial charge on any atom is 0.177 e. The van der Waals surface area contributed by atoms with E-state index in [4.69, 9.17) is 5.41 Å². The van der Waals surface area contributed by atoms with E-state index in [0.717, 1.165) is 0 Å². The Morgan fingerprint density at radius 3 is 2.21 bits per heavy atom. The first kappa shape index (κ1) is 13.1. The Labute approximate surface area is 86.0 Å². The van der Waals surface area contributed by atoms with E-state index >= 15 is 0 Å². The molecule has 0 aromatic heterocycles. The molecular weight excluding hydrogens is 198 g/mol. The van der Waals surface area contributed by atoms with Crippen LogP contribution in [0.3, 0.4) is 0 Å². The minimum atomic E-state index is -3.14. The summed E-state index contributed by atoms with van der Waals surface area (Å²) < 4.78 is 22.9. The van der Waals surface area contributed by atoms with Gasteiger partial charge < -0.3 is 5.41 Å². The van der Waals surface area contributed by atoms with E-state index in [1.165, 1.54) is 12.2 Å². The predicted molar refractivity (Wildman–Crippen MR) is 60.4 cm³/mol. The molecule has 0 aromatic rings. The average molecular weight is 215 g/mol. The monoisotopic (exact) mass is 215 g/mol. The third kappa shape index (κ3) is 3.87. The van der Waals surface area contributed by atoms with Crippen LogP contribution in [0.5, 0.6) is 0 Å². The molecule has 0 radical (unpaired) electrons. The fraction of sp³-hybridized carbons (Fsp3) is 0.500. The van der Waals surface area contributed by atoms with E-state index in [-0.39, 0.29) is 5.75 Å². The average Bonchev–Trinajstić information content (AvgIpc) is 2.18. The van der Waals surface area contributed by atoms with Crippen LogP contribution in [0.2, 0.25) is 0 Å².